The van der Waals surface area contributed by atoms with Crippen molar-refractivity contribution in [3.63, 3.8) is 0 Å². The number of ether oxygens (including phenoxy) is 3. The van der Waals surface area contributed by atoms with Crippen molar-refractivity contribution in [1.29, 1.82) is 5.26 Å². The van der Waals surface area contributed by atoms with Crippen LogP contribution in [0.1, 0.15) is 5.56 Å². The van der Waals surface area contributed by atoms with Gasteiger partial charge in [0.05, 0.1) is 11.6 Å². The highest BCUT2D eigenvalue weighted by molar-refractivity contribution is 6.68. The number of nitrogens with zero attached hydrogens (tertiary/aromatic N) is 2. The van der Waals surface area contributed by atoms with E-state index < -0.39 is 21.8 Å². The van der Waals surface area contributed by atoms with Gasteiger partial charge in [-0.25, -0.2) is 0 Å². The molecular formula is C17H8Cl3F3N2O3. The van der Waals surface area contributed by atoms with Crippen molar-refractivity contribution in [3.8, 4) is 23.3 Å². The van der Waals surface area contributed by atoms with E-state index in [2.05, 4.69) is 4.99 Å². The average molecular weight is 452 g/mol. The Kier molecular flexibility index (Phi) is 5.28. The largest absolute Gasteiger partial charge is 0.468 e. The van der Waals surface area contributed by atoms with Crippen molar-refractivity contribution >= 4 is 40.7 Å². The first-order valence-electron chi connectivity index (χ1n) is 7.43. The molecule has 0 amide bonds. The average Bonchev–Trinajstić information content (AvgIpc) is 3.00. The van der Waals surface area contributed by atoms with E-state index in [9.17, 15) is 13.2 Å². The van der Waals surface area contributed by atoms with Gasteiger partial charge in [0.15, 0.2) is 11.5 Å². The monoisotopic (exact) mass is 450 g/mol. The van der Waals surface area contributed by atoms with Gasteiger partial charge in [0, 0.05) is 0 Å². The molecule has 0 fully saturated rings. The van der Waals surface area contributed by atoms with Gasteiger partial charge in [0.2, 0.25) is 0 Å². The van der Waals surface area contributed by atoms with Crippen LogP contribution in [0, 0.1) is 11.3 Å². The minimum Gasteiger partial charge on any atom is -0.435 e. The van der Waals surface area contributed by atoms with Crippen LogP contribution in [0.15, 0.2) is 53.5 Å². The van der Waals surface area contributed by atoms with E-state index in [1.165, 1.54) is 24.3 Å². The van der Waals surface area contributed by atoms with Crippen LogP contribution in [0.2, 0.25) is 0 Å². The summed E-state index contributed by atoms with van der Waals surface area (Å²) in [6.07, 6.45) is -5.07. The minimum atomic E-state index is -5.07. The van der Waals surface area contributed by atoms with Crippen molar-refractivity contribution < 1.29 is 27.4 Å². The van der Waals surface area contributed by atoms with E-state index in [1.54, 1.807) is 12.1 Å². The van der Waals surface area contributed by atoms with Gasteiger partial charge >= 0.3 is 18.0 Å². The molecule has 2 aromatic rings. The fourth-order valence-corrected chi connectivity index (χ4v) is 2.51. The third kappa shape index (κ3) is 4.07. The molecule has 28 heavy (non-hydrogen) atoms. The third-order valence-electron chi connectivity index (χ3n) is 3.39. The zero-order valence-corrected chi connectivity index (χ0v) is 15.8. The van der Waals surface area contributed by atoms with Crippen LogP contribution in [0.25, 0.3) is 0 Å². The van der Waals surface area contributed by atoms with Crippen molar-refractivity contribution in [2.45, 2.75) is 15.9 Å². The molecule has 0 aromatic heterocycles. The lowest BCUT2D eigenvalue weighted by atomic mass is 10.2. The number of aliphatic imine (C=N–C) groups is 1. The number of benzene rings is 2. The smallest absolute Gasteiger partial charge is 0.435 e. The molecule has 0 N–H and O–H groups in total. The van der Waals surface area contributed by atoms with Crippen LogP contribution < -0.4 is 14.2 Å². The third-order valence-corrected chi connectivity index (χ3v) is 4.11. The normalized spacial score (nSPS) is 15.8. The summed E-state index contributed by atoms with van der Waals surface area (Å²) in [5.41, 5.74) is 0.230. The van der Waals surface area contributed by atoms with Crippen molar-refractivity contribution in [3.05, 3.63) is 54.1 Å². The Morgan fingerprint density at radius 1 is 1.00 bits per heavy atom. The number of halogens is 6. The van der Waals surface area contributed by atoms with Gasteiger partial charge < -0.3 is 14.2 Å². The van der Waals surface area contributed by atoms with E-state index in [1.807, 2.05) is 6.07 Å². The zero-order chi connectivity index (χ0) is 20.6. The highest BCUT2D eigenvalue weighted by atomic mass is 35.6. The molecule has 0 saturated carbocycles. The second-order valence-electron chi connectivity index (χ2n) is 5.38. The maximum atomic E-state index is 13.5. The van der Waals surface area contributed by atoms with Crippen LogP contribution in [-0.2, 0) is 0 Å². The lowest BCUT2D eigenvalue weighted by Crippen LogP contribution is -2.51. The molecule has 0 spiro atoms. The molecule has 1 aliphatic rings. The molecule has 3 rings (SSSR count). The van der Waals surface area contributed by atoms with E-state index in [-0.39, 0.29) is 22.8 Å². The maximum Gasteiger partial charge on any atom is 0.468 e. The quantitative estimate of drug-likeness (QED) is 0.349. The number of para-hydroxylation sites is 2. The highest BCUT2D eigenvalue weighted by Gasteiger charge is 2.60. The lowest BCUT2D eigenvalue weighted by Gasteiger charge is -2.30. The van der Waals surface area contributed by atoms with E-state index in [0.29, 0.717) is 0 Å². The van der Waals surface area contributed by atoms with Gasteiger partial charge in [0.25, 0.3) is 3.79 Å². The second kappa shape index (κ2) is 7.24. The lowest BCUT2D eigenvalue weighted by molar-refractivity contribution is -0.0911. The summed E-state index contributed by atoms with van der Waals surface area (Å²) in [6.45, 7) is 0. The van der Waals surface area contributed by atoms with Gasteiger partial charge in [-0.2, -0.15) is 23.4 Å². The van der Waals surface area contributed by atoms with Gasteiger partial charge in [-0.15, -0.1) is 0 Å². The molecule has 0 saturated heterocycles. The van der Waals surface area contributed by atoms with Gasteiger partial charge in [-0.1, -0.05) is 46.9 Å². The van der Waals surface area contributed by atoms with Crippen molar-refractivity contribution in [2.75, 3.05) is 0 Å². The Morgan fingerprint density at radius 3 is 1.96 bits per heavy atom. The second-order valence-corrected chi connectivity index (χ2v) is 7.66. The summed E-state index contributed by atoms with van der Waals surface area (Å²) >= 11 is 17.5. The van der Waals surface area contributed by atoms with Gasteiger partial charge in [-0.05, 0) is 36.4 Å². The number of alkyl halides is 6. The zero-order valence-electron chi connectivity index (χ0n) is 13.5. The maximum absolute atomic E-state index is 13.5. The fraction of sp³-hybridized carbons (Fsp3) is 0.176. The van der Waals surface area contributed by atoms with Gasteiger partial charge in [0.1, 0.15) is 5.75 Å². The Hall–Kier alpha value is -2.34. The molecule has 0 atom stereocenters. The molecule has 2 aromatic carbocycles. The van der Waals surface area contributed by atoms with Crippen molar-refractivity contribution in [2.24, 2.45) is 4.99 Å². The SMILES string of the molecule is N#Cc1ccc(O/C(=N\C2(C(Cl)(Cl)Cl)Oc3ccccc3O2)C(F)(F)F)cc1. The molecule has 0 unspecified atom stereocenters. The molecule has 0 radical (unpaired) electrons. The molecule has 5 nitrogen and oxygen atoms in total. The number of hydrogen-bond acceptors (Lipinski definition) is 5. The predicted molar refractivity (Wildman–Crippen MR) is 96.0 cm³/mol. The first-order valence-corrected chi connectivity index (χ1v) is 8.56. The Bertz CT molecular complexity index is 926. The molecule has 0 bridgehead atoms. The number of fused-ring (bicyclic) bond motifs is 1. The Labute approximate surface area is 171 Å². The number of rotatable bonds is 2. The summed E-state index contributed by atoms with van der Waals surface area (Å²) in [6, 6.07) is 12.6. The van der Waals surface area contributed by atoms with E-state index in [0.717, 1.165) is 12.1 Å². The van der Waals surface area contributed by atoms with Gasteiger partial charge in [-0.3, -0.25) is 0 Å². The standard InChI is InChI=1S/C17H8Cl3F3N2O3/c18-16(19,20)17(27-12-3-1-2-4-13(12)28-17)25-14(15(21,22)23)26-11-7-5-10(9-24)6-8-11/h1-8H/b25-14-. The minimum absolute atomic E-state index is 0.0393. The number of nitriles is 1. The summed E-state index contributed by atoms with van der Waals surface area (Å²) in [5, 5.41) is 8.77. The Balaban J connectivity index is 2.03. The summed E-state index contributed by atoms with van der Waals surface area (Å²) in [7, 11) is 0. The molecule has 1 aliphatic heterocycles. The van der Waals surface area contributed by atoms with E-state index in [4.69, 9.17) is 54.3 Å². The van der Waals surface area contributed by atoms with Crippen LogP contribution in [-0.4, -0.2) is 21.8 Å². The van der Waals surface area contributed by atoms with Crippen LogP contribution in [0.5, 0.6) is 17.2 Å². The van der Waals surface area contributed by atoms with Crippen LogP contribution in [0.3, 0.4) is 0 Å². The van der Waals surface area contributed by atoms with Crippen LogP contribution >= 0.6 is 34.8 Å². The molecular weight excluding hydrogens is 444 g/mol. The first-order chi connectivity index (χ1) is 13.0. The van der Waals surface area contributed by atoms with Crippen molar-refractivity contribution in [1.82, 2.24) is 0 Å². The number of hydrogen-bond donors (Lipinski definition) is 0. The highest BCUT2D eigenvalue weighted by Crippen LogP contribution is 2.50. The molecule has 1 heterocycles. The Morgan fingerprint density at radius 2 is 1.54 bits per heavy atom. The molecule has 11 heteroatoms. The van der Waals surface area contributed by atoms with Crippen LogP contribution in [0.4, 0.5) is 13.2 Å². The van der Waals surface area contributed by atoms with E-state index >= 15 is 0 Å². The topological polar surface area (TPSA) is 63.8 Å². The summed E-state index contributed by atoms with van der Waals surface area (Å²) < 4.78 is 53.6. The summed E-state index contributed by atoms with van der Waals surface area (Å²) in [4.78, 5) is 3.37. The summed E-state index contributed by atoms with van der Waals surface area (Å²) in [5.74, 6) is -4.60. The molecule has 146 valence electrons. The fourth-order valence-electron chi connectivity index (χ4n) is 2.15. The predicted octanol–water partition coefficient (Wildman–Crippen LogP) is 5.39. The molecule has 0 aliphatic carbocycles. The first kappa shape index (κ1) is 20.4.